The van der Waals surface area contributed by atoms with Crippen molar-refractivity contribution in [3.05, 3.63) is 45.6 Å². The van der Waals surface area contributed by atoms with Crippen molar-refractivity contribution in [3.63, 3.8) is 0 Å². The van der Waals surface area contributed by atoms with Gasteiger partial charge in [-0.1, -0.05) is 29.3 Å². The molecule has 0 radical (unpaired) electrons. The summed E-state index contributed by atoms with van der Waals surface area (Å²) >= 11 is 12.2. The van der Waals surface area contributed by atoms with E-state index in [-0.39, 0.29) is 17.9 Å². The van der Waals surface area contributed by atoms with Crippen LogP contribution in [-0.4, -0.2) is 17.9 Å². The highest BCUT2D eigenvalue weighted by atomic mass is 35.5. The monoisotopic (exact) mass is 365 g/mol. The van der Waals surface area contributed by atoms with Gasteiger partial charge in [-0.25, -0.2) is 0 Å². The molecule has 1 unspecified atom stereocenters. The Kier molecular flexibility index (Phi) is 4.83. The Bertz CT molecular complexity index is 771. The first-order valence-corrected chi connectivity index (χ1v) is 8.45. The summed E-state index contributed by atoms with van der Waals surface area (Å²) in [7, 11) is 0. The van der Waals surface area contributed by atoms with E-state index in [9.17, 15) is 9.59 Å². The average Bonchev–Trinajstić information content (AvgIpc) is 2.66. The van der Waals surface area contributed by atoms with E-state index in [1.165, 1.54) is 0 Å². The third-order valence-corrected chi connectivity index (χ3v) is 4.58. The smallest absolute Gasteiger partial charge is 0.257 e. The van der Waals surface area contributed by atoms with E-state index >= 15 is 0 Å². The first kappa shape index (κ1) is 16.9. The van der Waals surface area contributed by atoms with E-state index in [0.717, 1.165) is 0 Å². The van der Waals surface area contributed by atoms with E-state index < -0.39 is 0 Å². The lowest BCUT2D eigenvalue weighted by molar-refractivity contribution is -0.116. The fraction of sp³-hybridized carbons (Fsp3) is 0.294. The Morgan fingerprint density at radius 2 is 2.08 bits per heavy atom. The fourth-order valence-electron chi connectivity index (χ4n) is 2.74. The Morgan fingerprint density at radius 3 is 2.88 bits per heavy atom. The highest BCUT2D eigenvalue weighted by Crippen LogP contribution is 2.31. The van der Waals surface area contributed by atoms with Gasteiger partial charge in [0, 0.05) is 22.5 Å². The van der Waals surface area contributed by atoms with Gasteiger partial charge in [0.15, 0.2) is 0 Å². The SMILES string of the molecule is CC1CC(=O)Nc2cccc(C(=O)NC3=C(Cl)CCC(Cl)=C3)c2N1. The van der Waals surface area contributed by atoms with Crippen molar-refractivity contribution in [2.24, 2.45) is 0 Å². The van der Waals surface area contributed by atoms with Gasteiger partial charge in [0.05, 0.1) is 22.6 Å². The number of hydrogen-bond acceptors (Lipinski definition) is 3. The van der Waals surface area contributed by atoms with Crippen molar-refractivity contribution in [1.82, 2.24) is 5.32 Å². The summed E-state index contributed by atoms with van der Waals surface area (Å²) in [4.78, 5) is 24.5. The minimum Gasteiger partial charge on any atom is -0.380 e. The van der Waals surface area contributed by atoms with Crippen molar-refractivity contribution in [2.75, 3.05) is 10.6 Å². The van der Waals surface area contributed by atoms with Crippen LogP contribution in [0.2, 0.25) is 0 Å². The Hall–Kier alpha value is -1.98. The number of carbonyl (C=O) groups excluding carboxylic acids is 2. The van der Waals surface area contributed by atoms with Gasteiger partial charge in [-0.2, -0.15) is 0 Å². The lowest BCUT2D eigenvalue weighted by atomic mass is 10.1. The summed E-state index contributed by atoms with van der Waals surface area (Å²) in [6.45, 7) is 1.90. The molecule has 1 aromatic rings. The zero-order valence-electron chi connectivity index (χ0n) is 13.1. The number of amides is 2. The maximum absolute atomic E-state index is 12.7. The number of rotatable bonds is 2. The highest BCUT2D eigenvalue weighted by molar-refractivity contribution is 6.32. The predicted octanol–water partition coefficient (Wildman–Crippen LogP) is 3.93. The summed E-state index contributed by atoms with van der Waals surface area (Å²) in [5, 5.41) is 10.1. The maximum Gasteiger partial charge on any atom is 0.257 e. The van der Waals surface area contributed by atoms with Gasteiger partial charge in [-0.3, -0.25) is 9.59 Å². The molecule has 1 heterocycles. The average molecular weight is 366 g/mol. The molecule has 7 heteroatoms. The normalized spacial score (nSPS) is 20.4. The van der Waals surface area contributed by atoms with Crippen molar-refractivity contribution in [2.45, 2.75) is 32.2 Å². The van der Waals surface area contributed by atoms with Gasteiger partial charge < -0.3 is 16.0 Å². The van der Waals surface area contributed by atoms with Gasteiger partial charge in [-0.05, 0) is 38.0 Å². The molecule has 1 aliphatic carbocycles. The standard InChI is InChI=1S/C17H17Cl2N3O2/c1-9-7-15(23)21-13-4-2-3-11(16(13)20-9)17(24)22-14-8-10(18)5-6-12(14)19/h2-4,8-9,20H,5-7H2,1H3,(H,21,23)(H,22,24). The van der Waals surface area contributed by atoms with Crippen LogP contribution in [0, 0.1) is 0 Å². The lowest BCUT2D eigenvalue weighted by Crippen LogP contribution is -2.25. The second-order valence-electron chi connectivity index (χ2n) is 5.89. The van der Waals surface area contributed by atoms with Crippen molar-refractivity contribution in [3.8, 4) is 0 Å². The van der Waals surface area contributed by atoms with Crippen LogP contribution in [0.25, 0.3) is 0 Å². The van der Waals surface area contributed by atoms with Crippen LogP contribution in [0.4, 0.5) is 11.4 Å². The Labute approximate surface area is 150 Å². The molecule has 0 saturated carbocycles. The summed E-state index contributed by atoms with van der Waals surface area (Å²) in [5.41, 5.74) is 2.15. The van der Waals surface area contributed by atoms with Crippen molar-refractivity contribution < 1.29 is 9.59 Å². The number of allylic oxidation sites excluding steroid dienone is 3. The van der Waals surface area contributed by atoms with Crippen LogP contribution in [0.3, 0.4) is 0 Å². The van der Waals surface area contributed by atoms with Crippen LogP contribution >= 0.6 is 23.2 Å². The zero-order valence-corrected chi connectivity index (χ0v) is 14.6. The number of hydrogen-bond donors (Lipinski definition) is 3. The van der Waals surface area contributed by atoms with Gasteiger partial charge in [-0.15, -0.1) is 0 Å². The van der Waals surface area contributed by atoms with Crippen LogP contribution in [0.5, 0.6) is 0 Å². The fourth-order valence-corrected chi connectivity index (χ4v) is 3.14. The predicted molar refractivity (Wildman–Crippen MR) is 96.3 cm³/mol. The molecule has 126 valence electrons. The molecule has 0 saturated heterocycles. The molecule has 0 bridgehead atoms. The molecule has 1 aliphatic heterocycles. The molecule has 3 N–H and O–H groups in total. The Balaban J connectivity index is 1.92. The minimum atomic E-state index is -0.307. The number of halogens is 2. The molecule has 0 spiro atoms. The first-order valence-electron chi connectivity index (χ1n) is 7.69. The molecule has 0 aromatic heterocycles. The van der Waals surface area contributed by atoms with Gasteiger partial charge >= 0.3 is 0 Å². The quantitative estimate of drug-likeness (QED) is 0.743. The van der Waals surface area contributed by atoms with E-state index in [1.54, 1.807) is 24.3 Å². The van der Waals surface area contributed by atoms with Crippen LogP contribution in [0.15, 0.2) is 40.0 Å². The van der Waals surface area contributed by atoms with E-state index in [4.69, 9.17) is 23.2 Å². The number of nitrogens with one attached hydrogen (secondary N) is 3. The molecular weight excluding hydrogens is 349 g/mol. The molecule has 2 amide bonds. The minimum absolute atomic E-state index is 0.0768. The van der Waals surface area contributed by atoms with Crippen LogP contribution in [-0.2, 0) is 4.79 Å². The Morgan fingerprint density at radius 1 is 1.29 bits per heavy atom. The first-order chi connectivity index (χ1) is 11.4. The second kappa shape index (κ2) is 6.87. The molecule has 5 nitrogen and oxygen atoms in total. The van der Waals surface area contributed by atoms with E-state index in [1.807, 2.05) is 6.92 Å². The number of fused-ring (bicyclic) bond motifs is 1. The molecule has 3 rings (SSSR count). The number of benzene rings is 1. The molecule has 1 atom stereocenters. The molecule has 0 fully saturated rings. The van der Waals surface area contributed by atoms with Crippen molar-refractivity contribution in [1.29, 1.82) is 0 Å². The van der Waals surface area contributed by atoms with Crippen molar-refractivity contribution >= 4 is 46.4 Å². The topological polar surface area (TPSA) is 70.2 Å². The summed E-state index contributed by atoms with van der Waals surface area (Å²) in [6.07, 6.45) is 3.28. The molecule has 1 aromatic carbocycles. The summed E-state index contributed by atoms with van der Waals surface area (Å²) in [6, 6.07) is 5.12. The maximum atomic E-state index is 12.7. The largest absolute Gasteiger partial charge is 0.380 e. The van der Waals surface area contributed by atoms with Gasteiger partial charge in [0.2, 0.25) is 5.91 Å². The molecular formula is C17H17Cl2N3O2. The molecule has 2 aliphatic rings. The summed E-state index contributed by atoms with van der Waals surface area (Å²) in [5.74, 6) is -0.391. The van der Waals surface area contributed by atoms with Crippen LogP contribution < -0.4 is 16.0 Å². The zero-order chi connectivity index (χ0) is 17.3. The second-order valence-corrected chi connectivity index (χ2v) is 6.83. The number of carbonyl (C=O) groups is 2. The molecule has 24 heavy (non-hydrogen) atoms. The van der Waals surface area contributed by atoms with Gasteiger partial charge in [0.1, 0.15) is 0 Å². The third-order valence-electron chi connectivity index (χ3n) is 3.89. The third kappa shape index (κ3) is 3.57. The lowest BCUT2D eigenvalue weighted by Gasteiger charge is -2.18. The number of anilines is 2. The van der Waals surface area contributed by atoms with Crippen LogP contribution in [0.1, 0.15) is 36.5 Å². The number of para-hydroxylation sites is 1. The highest BCUT2D eigenvalue weighted by Gasteiger charge is 2.23. The van der Waals surface area contributed by atoms with E-state index in [0.29, 0.717) is 52.0 Å². The summed E-state index contributed by atoms with van der Waals surface area (Å²) < 4.78 is 0. The van der Waals surface area contributed by atoms with E-state index in [2.05, 4.69) is 16.0 Å². The van der Waals surface area contributed by atoms with Gasteiger partial charge in [0.25, 0.3) is 5.91 Å².